The first-order chi connectivity index (χ1) is 10.5. The first-order valence-corrected chi connectivity index (χ1v) is 6.82. The fourth-order valence-electron chi connectivity index (χ4n) is 1.57. The number of hydrogen-bond acceptors (Lipinski definition) is 7. The highest BCUT2D eigenvalue weighted by molar-refractivity contribution is 5.97. The predicted octanol–water partition coefficient (Wildman–Crippen LogP) is -1.38. The van der Waals surface area contributed by atoms with Gasteiger partial charge in [0.1, 0.15) is 11.6 Å². The summed E-state index contributed by atoms with van der Waals surface area (Å²) in [7, 11) is 0. The molecule has 0 aromatic heterocycles. The molecule has 124 valence electrons. The van der Waals surface area contributed by atoms with Crippen LogP contribution in [0, 0.1) is 11.3 Å². The maximum Gasteiger partial charge on any atom is 0.413 e. The van der Waals surface area contributed by atoms with Gasteiger partial charge in [-0.2, -0.15) is 5.26 Å². The lowest BCUT2D eigenvalue weighted by molar-refractivity contribution is -0.127. The molecule has 22 heavy (non-hydrogen) atoms. The Morgan fingerprint density at radius 1 is 1.27 bits per heavy atom. The maximum absolute atomic E-state index is 12.2. The number of carbonyl (C=O) groups is 2. The number of hydrogen-bond donors (Lipinski definition) is 3. The molecule has 0 saturated carbocycles. The molecule has 0 radical (unpaired) electrons. The highest BCUT2D eigenvalue weighted by Gasteiger charge is 2.20. The third-order valence-corrected chi connectivity index (χ3v) is 2.54. The minimum atomic E-state index is -0.718. The Morgan fingerprint density at radius 3 is 2.27 bits per heavy atom. The van der Waals surface area contributed by atoms with E-state index in [4.69, 9.17) is 25.9 Å². The van der Waals surface area contributed by atoms with Crippen LogP contribution in [0.1, 0.15) is 6.92 Å². The molecule has 0 heterocycles. The van der Waals surface area contributed by atoms with Crippen molar-refractivity contribution in [1.29, 1.82) is 5.26 Å². The highest BCUT2D eigenvalue weighted by atomic mass is 16.6. The Labute approximate surface area is 129 Å². The van der Waals surface area contributed by atoms with Gasteiger partial charge in [0.2, 0.25) is 0 Å². The minimum Gasteiger partial charge on any atom is -0.449 e. The Hall–Kier alpha value is -2.15. The number of nitrogens with two attached hydrogens (primary N) is 1. The lowest BCUT2D eigenvalue weighted by atomic mass is 10.2. The monoisotopic (exact) mass is 314 g/mol. The van der Waals surface area contributed by atoms with Gasteiger partial charge in [-0.1, -0.05) is 0 Å². The van der Waals surface area contributed by atoms with Crippen LogP contribution in [0.2, 0.25) is 0 Å². The van der Waals surface area contributed by atoms with E-state index in [1.54, 1.807) is 13.0 Å². The molecule has 0 atom stereocenters. The third kappa shape index (κ3) is 6.53. The smallest absolute Gasteiger partial charge is 0.413 e. The molecule has 9 nitrogen and oxygen atoms in total. The quantitative estimate of drug-likeness (QED) is 0.352. The second kappa shape index (κ2) is 11.5. The van der Waals surface area contributed by atoms with E-state index in [0.29, 0.717) is 0 Å². The zero-order chi connectivity index (χ0) is 17.0. The van der Waals surface area contributed by atoms with Gasteiger partial charge in [-0.05, 0) is 6.92 Å². The van der Waals surface area contributed by atoms with Crippen LogP contribution in [0.25, 0.3) is 0 Å². The van der Waals surface area contributed by atoms with Crippen molar-refractivity contribution in [2.24, 2.45) is 5.73 Å². The second-order valence-electron chi connectivity index (χ2n) is 4.07. The molecule has 0 aliphatic heterocycles. The fourth-order valence-corrected chi connectivity index (χ4v) is 1.57. The topological polar surface area (TPSA) is 140 Å². The molecule has 0 unspecified atom stereocenters. The number of carbonyl (C=O) groups excluding carboxylic acids is 2. The molecule has 0 rings (SSSR count). The standard InChI is InChI=1S/C13H22N4O5/c1-2-22-13(21)17(4-3-14)10-11(9-15)12(20)16(5-7-18)6-8-19/h10,18-19H,2-8,14H2,1H3/b11-10-. The zero-order valence-electron chi connectivity index (χ0n) is 12.6. The van der Waals surface area contributed by atoms with Gasteiger partial charge in [0.05, 0.1) is 19.8 Å². The number of aliphatic hydroxyl groups excluding tert-OH is 2. The lowest BCUT2D eigenvalue weighted by Gasteiger charge is -2.22. The van der Waals surface area contributed by atoms with E-state index in [0.717, 1.165) is 16.0 Å². The molecule has 0 saturated heterocycles. The van der Waals surface area contributed by atoms with Gasteiger partial charge in [0, 0.05) is 32.4 Å². The molecular weight excluding hydrogens is 292 g/mol. The van der Waals surface area contributed by atoms with Gasteiger partial charge in [-0.15, -0.1) is 0 Å². The number of nitriles is 1. The summed E-state index contributed by atoms with van der Waals surface area (Å²) < 4.78 is 4.81. The molecule has 0 aromatic rings. The van der Waals surface area contributed by atoms with Gasteiger partial charge in [0.15, 0.2) is 0 Å². The van der Waals surface area contributed by atoms with Crippen LogP contribution < -0.4 is 5.73 Å². The lowest BCUT2D eigenvalue weighted by Crippen LogP contribution is -2.38. The zero-order valence-corrected chi connectivity index (χ0v) is 12.6. The molecule has 0 aliphatic rings. The molecular formula is C13H22N4O5. The van der Waals surface area contributed by atoms with Crippen molar-refractivity contribution in [1.82, 2.24) is 9.80 Å². The molecule has 0 fully saturated rings. The van der Waals surface area contributed by atoms with E-state index in [2.05, 4.69) is 0 Å². The summed E-state index contributed by atoms with van der Waals surface area (Å²) in [5.41, 5.74) is 5.07. The van der Waals surface area contributed by atoms with E-state index >= 15 is 0 Å². The van der Waals surface area contributed by atoms with E-state index in [9.17, 15) is 9.59 Å². The van der Waals surface area contributed by atoms with Gasteiger partial charge in [-0.3, -0.25) is 9.69 Å². The molecule has 0 aromatic carbocycles. The van der Waals surface area contributed by atoms with Crippen LogP contribution >= 0.6 is 0 Å². The minimum absolute atomic E-state index is 0.0330. The molecule has 0 spiro atoms. The van der Waals surface area contributed by atoms with Crippen molar-refractivity contribution in [3.63, 3.8) is 0 Å². The largest absolute Gasteiger partial charge is 0.449 e. The summed E-state index contributed by atoms with van der Waals surface area (Å²) in [6.07, 6.45) is 0.346. The van der Waals surface area contributed by atoms with Gasteiger partial charge < -0.3 is 25.6 Å². The van der Waals surface area contributed by atoms with Crippen LogP contribution in [0.15, 0.2) is 11.8 Å². The summed E-state index contributed by atoms with van der Waals surface area (Å²) in [5, 5.41) is 26.9. The number of aliphatic hydroxyl groups is 2. The van der Waals surface area contributed by atoms with Crippen molar-refractivity contribution in [2.45, 2.75) is 6.92 Å². The van der Waals surface area contributed by atoms with Crippen LogP contribution in [0.5, 0.6) is 0 Å². The number of ether oxygens (including phenoxy) is 1. The fraction of sp³-hybridized carbons (Fsp3) is 0.615. The molecule has 0 bridgehead atoms. The van der Waals surface area contributed by atoms with E-state index < -0.39 is 12.0 Å². The van der Waals surface area contributed by atoms with Crippen molar-refractivity contribution in [3.8, 4) is 6.07 Å². The van der Waals surface area contributed by atoms with Gasteiger partial charge >= 0.3 is 6.09 Å². The molecule has 2 amide bonds. The Bertz CT molecular complexity index is 427. The van der Waals surface area contributed by atoms with E-state index in [1.165, 1.54) is 0 Å². The van der Waals surface area contributed by atoms with Crippen molar-refractivity contribution < 1.29 is 24.5 Å². The van der Waals surface area contributed by atoms with E-state index in [-0.39, 0.29) is 51.6 Å². The van der Waals surface area contributed by atoms with Gasteiger partial charge in [0.25, 0.3) is 5.91 Å². The highest BCUT2D eigenvalue weighted by Crippen LogP contribution is 2.05. The SMILES string of the molecule is CCOC(=O)N(/C=C(/C#N)C(=O)N(CCO)CCO)CCN. The summed E-state index contributed by atoms with van der Waals surface area (Å²) in [5.74, 6) is -0.697. The Kier molecular flexibility index (Phi) is 10.4. The van der Waals surface area contributed by atoms with Crippen molar-refractivity contribution in [2.75, 3.05) is 46.0 Å². The third-order valence-electron chi connectivity index (χ3n) is 2.54. The molecule has 4 N–H and O–H groups in total. The molecule has 9 heteroatoms. The van der Waals surface area contributed by atoms with Crippen molar-refractivity contribution in [3.05, 3.63) is 11.8 Å². The molecule has 0 aliphatic carbocycles. The first kappa shape index (κ1) is 19.9. The van der Waals surface area contributed by atoms with Crippen LogP contribution in [-0.2, 0) is 9.53 Å². The normalized spacial score (nSPS) is 10.8. The van der Waals surface area contributed by atoms with Crippen LogP contribution in [0.3, 0.4) is 0 Å². The number of nitrogens with zero attached hydrogens (tertiary/aromatic N) is 3. The van der Waals surface area contributed by atoms with Crippen LogP contribution in [0.4, 0.5) is 4.79 Å². The van der Waals surface area contributed by atoms with E-state index in [1.807, 2.05) is 0 Å². The summed E-state index contributed by atoms with van der Waals surface area (Å²) in [6.45, 7) is 1.29. The van der Waals surface area contributed by atoms with Crippen molar-refractivity contribution >= 4 is 12.0 Å². The van der Waals surface area contributed by atoms with Crippen LogP contribution in [-0.4, -0.2) is 78.0 Å². The summed E-state index contributed by atoms with van der Waals surface area (Å²) >= 11 is 0. The second-order valence-corrected chi connectivity index (χ2v) is 4.07. The van der Waals surface area contributed by atoms with Gasteiger partial charge in [-0.25, -0.2) is 4.79 Å². The predicted molar refractivity (Wildman–Crippen MR) is 77.2 cm³/mol. The Balaban J connectivity index is 5.27. The maximum atomic E-state index is 12.2. The Morgan fingerprint density at radius 2 is 1.86 bits per heavy atom. The number of amides is 2. The summed E-state index contributed by atoms with van der Waals surface area (Å²) in [4.78, 5) is 26.0. The average Bonchev–Trinajstić information content (AvgIpc) is 2.50. The summed E-state index contributed by atoms with van der Waals surface area (Å²) in [6, 6.07) is 1.70. The first-order valence-electron chi connectivity index (χ1n) is 6.82. The average molecular weight is 314 g/mol. The number of rotatable bonds is 9.